The normalized spacial score (nSPS) is 15.3. The summed E-state index contributed by atoms with van der Waals surface area (Å²) < 4.78 is 0. The van der Waals surface area contributed by atoms with Gasteiger partial charge in [-0.1, -0.05) is 109 Å². The van der Waals surface area contributed by atoms with E-state index in [4.69, 9.17) is 9.88 Å². The lowest BCUT2D eigenvalue weighted by Gasteiger charge is -2.04. The molecule has 1 aliphatic rings. The van der Waals surface area contributed by atoms with Gasteiger partial charge in [0.15, 0.2) is 5.75 Å². The minimum Gasteiger partial charge on any atom is -0.312 e. The molecule has 6 heteroatoms. The third-order valence-electron chi connectivity index (χ3n) is 3.21. The van der Waals surface area contributed by atoms with E-state index in [-0.39, 0.29) is 0 Å². The minimum absolute atomic E-state index is 0.530. The van der Waals surface area contributed by atoms with Crippen LogP contribution in [-0.2, 0) is 4.99 Å². The van der Waals surface area contributed by atoms with Crippen LogP contribution in [0.4, 0.5) is 0 Å². The van der Waals surface area contributed by atoms with Gasteiger partial charge in [0.25, 0.3) is 0 Å². The Morgan fingerprint density at radius 3 is 1.83 bits per heavy atom. The summed E-state index contributed by atoms with van der Waals surface area (Å²) in [4.78, 5) is 10.00. The quantitative estimate of drug-likeness (QED) is 0.575. The average Bonchev–Trinajstić information content (AvgIpc) is 2.74. The average molecular weight is 386 g/mol. The first-order chi connectivity index (χ1) is 14.5. The van der Waals surface area contributed by atoms with E-state index in [1.807, 2.05) is 109 Å². The molecule has 0 aromatic heterocycles. The Morgan fingerprint density at radius 1 is 0.621 bits per heavy atom. The first kappa shape index (κ1) is 21.3. The fourth-order valence-corrected chi connectivity index (χ4v) is 1.93. The molecule has 0 aliphatic carbocycles. The van der Waals surface area contributed by atoms with Gasteiger partial charge in [-0.2, -0.15) is 0 Å². The Balaban J connectivity index is 2.05. The van der Waals surface area contributed by atoms with Crippen molar-refractivity contribution < 1.29 is 9.88 Å². The molecule has 0 amide bonds. The van der Waals surface area contributed by atoms with Gasteiger partial charge in [0, 0.05) is 5.56 Å². The van der Waals surface area contributed by atoms with E-state index in [2.05, 4.69) is 21.1 Å². The molecule has 1 aliphatic heterocycles. The fraction of sp³-hybridized carbons (Fsp3) is 0. The highest BCUT2D eigenvalue weighted by molar-refractivity contribution is 5.71. The summed E-state index contributed by atoms with van der Waals surface area (Å²) in [5.74, 6) is 0.530. The van der Waals surface area contributed by atoms with E-state index in [9.17, 15) is 0 Å². The second-order valence-electron chi connectivity index (χ2n) is 5.30. The minimum atomic E-state index is 0.530. The van der Waals surface area contributed by atoms with Crippen LogP contribution in [0.5, 0.6) is 5.75 Å². The van der Waals surface area contributed by atoms with Crippen LogP contribution >= 0.6 is 0 Å². The van der Waals surface area contributed by atoms with Crippen molar-refractivity contribution in [3.63, 3.8) is 0 Å². The maximum absolute atomic E-state index is 5.19. The monoisotopic (exact) mass is 386 g/mol. The van der Waals surface area contributed by atoms with Crippen LogP contribution in [0.2, 0.25) is 0 Å². The number of para-hydroxylation sites is 1. The number of allylic oxidation sites excluding steroid dienone is 15. The molecule has 0 spiro atoms. The fourth-order valence-electron chi connectivity index (χ4n) is 1.93. The smallest absolute Gasteiger partial charge is 0.175 e. The highest BCUT2D eigenvalue weighted by Crippen LogP contribution is 2.19. The molecular formula is C23H22N4O2. The Labute approximate surface area is 170 Å². The van der Waals surface area contributed by atoms with Crippen molar-refractivity contribution in [1.82, 2.24) is 5.59 Å². The summed E-state index contributed by atoms with van der Waals surface area (Å²) >= 11 is 0. The Kier molecular flexibility index (Phi) is 11.1. The van der Waals surface area contributed by atoms with E-state index in [0.29, 0.717) is 5.75 Å². The number of rotatable bonds is 0. The number of nitrogens with one attached hydrogen (secondary N) is 1. The highest BCUT2D eigenvalue weighted by Gasteiger charge is 2.00. The van der Waals surface area contributed by atoms with Gasteiger partial charge in [0.05, 0.1) is 6.21 Å². The molecule has 0 atom stereocenters. The van der Waals surface area contributed by atoms with E-state index in [1.54, 1.807) is 12.1 Å². The second-order valence-corrected chi connectivity index (χ2v) is 5.30. The Morgan fingerprint density at radius 2 is 1.17 bits per heavy atom. The molecule has 6 nitrogen and oxygen atoms in total. The molecule has 0 bridgehead atoms. The molecule has 0 saturated heterocycles. The van der Waals surface area contributed by atoms with Crippen molar-refractivity contribution >= 4 is 12.3 Å². The van der Waals surface area contributed by atoms with Gasteiger partial charge in [-0.15, -0.1) is 10.7 Å². The van der Waals surface area contributed by atoms with Gasteiger partial charge >= 0.3 is 0 Å². The molecule has 1 aromatic carbocycles. The van der Waals surface area contributed by atoms with Crippen LogP contribution in [0.1, 0.15) is 5.56 Å². The molecule has 0 unspecified atom stereocenters. The van der Waals surface area contributed by atoms with Crippen molar-refractivity contribution in [2.45, 2.75) is 0 Å². The summed E-state index contributed by atoms with van der Waals surface area (Å²) in [6.45, 7) is 0. The zero-order valence-corrected chi connectivity index (χ0v) is 15.8. The van der Waals surface area contributed by atoms with Crippen molar-refractivity contribution in [2.75, 3.05) is 0 Å². The van der Waals surface area contributed by atoms with Gasteiger partial charge in [0.1, 0.15) is 0 Å². The summed E-state index contributed by atoms with van der Waals surface area (Å²) in [6, 6.07) is 7.43. The van der Waals surface area contributed by atoms with Crippen LogP contribution in [0, 0.1) is 0 Å². The molecule has 1 heterocycles. The second kappa shape index (κ2) is 15.1. The van der Waals surface area contributed by atoms with Gasteiger partial charge in [-0.05, 0) is 27.6 Å². The lowest BCUT2D eigenvalue weighted by molar-refractivity contribution is -0.260. The van der Waals surface area contributed by atoms with E-state index >= 15 is 0 Å². The van der Waals surface area contributed by atoms with Crippen LogP contribution in [0.3, 0.4) is 0 Å². The summed E-state index contributed by atoms with van der Waals surface area (Å²) in [7, 11) is 0. The number of hydrogen-bond acceptors (Lipinski definition) is 6. The SMILES string of the molecule is C1=CC=CC=CC=CC=NN=NNOOc2ccccc2C=CC=CC=CC=C1. The summed E-state index contributed by atoms with van der Waals surface area (Å²) in [5.41, 5.74) is 3.04. The van der Waals surface area contributed by atoms with Gasteiger partial charge in [-0.25, -0.2) is 0 Å². The number of benzene rings is 1. The van der Waals surface area contributed by atoms with Gasteiger partial charge in [-0.3, -0.25) is 0 Å². The first-order valence-electron chi connectivity index (χ1n) is 8.91. The standard InChI is InChI=1S/C23H22N4O2/c1-2-4-6-8-10-12-14-18-22-19-15-16-20-23(22)28-29-27-26-25-24-21-17-13-11-9-7-5-3-1/h1-21H,(H,25,27). The van der Waals surface area contributed by atoms with E-state index in [0.717, 1.165) is 5.56 Å². The van der Waals surface area contributed by atoms with Gasteiger partial charge in [0.2, 0.25) is 0 Å². The zero-order valence-electron chi connectivity index (χ0n) is 15.8. The third-order valence-corrected chi connectivity index (χ3v) is 3.21. The summed E-state index contributed by atoms with van der Waals surface area (Å²) in [6.07, 6.45) is 32.1. The van der Waals surface area contributed by atoms with Crippen molar-refractivity contribution in [3.05, 3.63) is 121 Å². The van der Waals surface area contributed by atoms with Crippen LogP contribution in [0.15, 0.2) is 131 Å². The Bertz CT molecular complexity index is 901. The topological polar surface area (TPSA) is 67.6 Å². The maximum Gasteiger partial charge on any atom is 0.175 e. The predicted molar refractivity (Wildman–Crippen MR) is 118 cm³/mol. The molecule has 1 N–H and O–H groups in total. The predicted octanol–water partition coefficient (Wildman–Crippen LogP) is 5.77. The molecule has 1 aromatic rings. The van der Waals surface area contributed by atoms with Gasteiger partial charge < -0.3 is 4.89 Å². The lowest BCUT2D eigenvalue weighted by Crippen LogP contribution is -2.09. The number of fused-ring (bicyclic) bond motifs is 1. The van der Waals surface area contributed by atoms with Crippen LogP contribution in [0.25, 0.3) is 6.08 Å². The maximum atomic E-state index is 5.19. The van der Waals surface area contributed by atoms with Crippen LogP contribution in [-0.4, -0.2) is 6.21 Å². The number of hydrogen-bond donors (Lipinski definition) is 1. The van der Waals surface area contributed by atoms with Crippen molar-refractivity contribution in [3.8, 4) is 5.75 Å². The number of nitrogens with zero attached hydrogens (tertiary/aromatic N) is 3. The third kappa shape index (κ3) is 10.6. The molecular weight excluding hydrogens is 364 g/mol. The molecule has 0 saturated carbocycles. The first-order valence-corrected chi connectivity index (χ1v) is 8.91. The molecule has 0 fully saturated rings. The molecule has 29 heavy (non-hydrogen) atoms. The molecule has 146 valence electrons. The van der Waals surface area contributed by atoms with Crippen molar-refractivity contribution in [1.29, 1.82) is 0 Å². The Hall–Kier alpha value is -4.03. The largest absolute Gasteiger partial charge is 0.312 e. The molecule has 2 rings (SSSR count). The van der Waals surface area contributed by atoms with Crippen LogP contribution < -0.4 is 10.5 Å². The molecule has 0 radical (unpaired) electrons. The summed E-state index contributed by atoms with van der Waals surface area (Å²) in [5, 5.41) is 10.7. The highest BCUT2D eigenvalue weighted by atomic mass is 17.3. The van der Waals surface area contributed by atoms with E-state index < -0.39 is 0 Å². The van der Waals surface area contributed by atoms with E-state index in [1.165, 1.54) is 6.21 Å². The lowest BCUT2D eigenvalue weighted by atomic mass is 10.2. The zero-order chi connectivity index (χ0) is 20.2. The van der Waals surface area contributed by atoms with Crippen molar-refractivity contribution in [2.24, 2.45) is 15.5 Å².